The van der Waals surface area contributed by atoms with Gasteiger partial charge in [0.05, 0.1) is 30.2 Å². The zero-order valence-electron chi connectivity index (χ0n) is 19.2. The highest BCUT2D eigenvalue weighted by molar-refractivity contribution is 5.94. The molecule has 0 fully saturated rings. The molecule has 2 heterocycles. The lowest BCUT2D eigenvalue weighted by Crippen LogP contribution is -2.16. The molecule has 0 aliphatic heterocycles. The number of hydrogen-bond acceptors (Lipinski definition) is 4. The van der Waals surface area contributed by atoms with E-state index >= 15 is 0 Å². The number of nitrogens with zero attached hydrogens (tertiary/aromatic N) is 4. The number of rotatable bonds is 7. The molecule has 0 aliphatic carbocycles. The molecule has 12 heteroatoms. The summed E-state index contributed by atoms with van der Waals surface area (Å²) < 4.78 is 69.7. The highest BCUT2D eigenvalue weighted by Crippen LogP contribution is 2.30. The lowest BCUT2D eigenvalue weighted by molar-refractivity contribution is -0.137. The Labute approximate surface area is 203 Å². The number of aryl methyl sites for hydroxylation is 1. The molecule has 188 valence electrons. The number of carbonyl (C=O) groups is 1. The highest BCUT2D eigenvalue weighted by atomic mass is 19.4. The van der Waals surface area contributed by atoms with Crippen LogP contribution >= 0.6 is 0 Å². The summed E-state index contributed by atoms with van der Waals surface area (Å²) in [5.74, 6) is -1.58. The lowest BCUT2D eigenvalue weighted by atomic mass is 10.0. The van der Waals surface area contributed by atoms with Crippen LogP contribution in [0.4, 0.5) is 33.5 Å². The first-order chi connectivity index (χ1) is 17.0. The predicted molar refractivity (Wildman–Crippen MR) is 126 cm³/mol. The Morgan fingerprint density at radius 3 is 2.56 bits per heavy atom. The number of amides is 1. The lowest BCUT2D eigenvalue weighted by Gasteiger charge is -2.11. The molecule has 0 spiro atoms. The van der Waals surface area contributed by atoms with Crippen molar-refractivity contribution in [3.63, 3.8) is 0 Å². The summed E-state index contributed by atoms with van der Waals surface area (Å²) in [5, 5.41) is 5.14. The minimum Gasteiger partial charge on any atom is -0.338 e. The quantitative estimate of drug-likeness (QED) is 0.197. The van der Waals surface area contributed by atoms with E-state index < -0.39 is 35.7 Å². The van der Waals surface area contributed by atoms with E-state index in [2.05, 4.69) is 32.2 Å². The molecule has 0 bridgehead atoms. The molecule has 0 aliphatic rings. The van der Waals surface area contributed by atoms with Gasteiger partial charge in [-0.2, -0.15) is 13.2 Å². The first-order valence-electron chi connectivity index (χ1n) is 10.4. The van der Waals surface area contributed by atoms with Gasteiger partial charge in [-0.15, -0.1) is 0 Å². The topological polar surface area (TPSA) is 84.2 Å². The van der Waals surface area contributed by atoms with Crippen molar-refractivity contribution in [3.8, 4) is 0 Å². The second kappa shape index (κ2) is 10.9. The van der Waals surface area contributed by atoms with Crippen LogP contribution in [0.2, 0.25) is 0 Å². The minimum absolute atomic E-state index is 0.136. The van der Waals surface area contributed by atoms with Gasteiger partial charge in [-0.05, 0) is 25.1 Å². The van der Waals surface area contributed by atoms with Gasteiger partial charge in [0.25, 0.3) is 0 Å². The monoisotopic (exact) mass is 504 g/mol. The van der Waals surface area contributed by atoms with Crippen molar-refractivity contribution in [3.05, 3.63) is 90.3 Å². The third kappa shape index (κ3) is 6.84. The Balaban J connectivity index is 1.75. The zero-order chi connectivity index (χ0) is 26.5. The molecule has 7 nitrogen and oxygen atoms in total. The fourth-order valence-electron chi connectivity index (χ4n) is 3.08. The number of benzene rings is 1. The highest BCUT2D eigenvalue weighted by Gasteiger charge is 2.31. The van der Waals surface area contributed by atoms with Crippen LogP contribution in [0.15, 0.2) is 67.0 Å². The molecule has 2 N–H and O–H groups in total. The van der Waals surface area contributed by atoms with Gasteiger partial charge in [0.15, 0.2) is 0 Å². The molecule has 1 aromatic carbocycles. The second-order valence-corrected chi connectivity index (χ2v) is 7.66. The summed E-state index contributed by atoms with van der Waals surface area (Å²) in [6, 6.07) is 2.43. The number of hydrogen-bond donors (Lipinski definition) is 2. The maximum atomic E-state index is 14.8. The van der Waals surface area contributed by atoms with Crippen molar-refractivity contribution in [2.24, 2.45) is 12.0 Å². The minimum atomic E-state index is -4.65. The van der Waals surface area contributed by atoms with Crippen LogP contribution < -0.4 is 10.6 Å². The van der Waals surface area contributed by atoms with E-state index in [-0.39, 0.29) is 22.4 Å². The van der Waals surface area contributed by atoms with Crippen LogP contribution in [-0.4, -0.2) is 26.3 Å². The third-order valence-electron chi connectivity index (χ3n) is 4.78. The number of allylic oxidation sites excluding steroid dienone is 2. The van der Waals surface area contributed by atoms with E-state index in [4.69, 9.17) is 0 Å². The summed E-state index contributed by atoms with van der Waals surface area (Å²) in [6.07, 6.45) is 2.27. The molecule has 3 aromatic rings. The number of amidine groups is 1. The normalized spacial score (nSPS) is 12.4. The fraction of sp³-hybridized carbons (Fsp3) is 0.167. The molecule has 0 saturated heterocycles. The Bertz CT molecular complexity index is 1340. The van der Waals surface area contributed by atoms with E-state index in [0.29, 0.717) is 23.9 Å². The Kier molecular flexibility index (Phi) is 7.97. The molecular formula is C24H21F5N6O. The molecule has 36 heavy (non-hydrogen) atoms. The van der Waals surface area contributed by atoms with E-state index in [1.54, 1.807) is 31.1 Å². The van der Waals surface area contributed by atoms with Gasteiger partial charge in [-0.1, -0.05) is 12.7 Å². The third-order valence-corrected chi connectivity index (χ3v) is 4.78. The van der Waals surface area contributed by atoms with Crippen molar-refractivity contribution >= 4 is 28.8 Å². The molecule has 2 aromatic heterocycles. The average Bonchev–Trinajstić information content (AvgIpc) is 3.21. The van der Waals surface area contributed by atoms with Crippen LogP contribution in [0.1, 0.15) is 23.6 Å². The largest absolute Gasteiger partial charge is 0.417 e. The molecule has 1 amide bonds. The Hall–Kier alpha value is -4.35. The summed E-state index contributed by atoms with van der Waals surface area (Å²) >= 11 is 0. The maximum absolute atomic E-state index is 14.8. The van der Waals surface area contributed by atoms with Crippen LogP contribution in [-0.2, 0) is 24.4 Å². The van der Waals surface area contributed by atoms with Gasteiger partial charge < -0.3 is 15.2 Å². The molecule has 0 radical (unpaired) electrons. The number of alkyl halides is 3. The number of halogens is 5. The first kappa shape index (κ1) is 26.3. The van der Waals surface area contributed by atoms with E-state index in [9.17, 15) is 26.7 Å². The summed E-state index contributed by atoms with van der Waals surface area (Å²) in [7, 11) is 1.80. The van der Waals surface area contributed by atoms with Crippen molar-refractivity contribution in [2.45, 2.75) is 19.5 Å². The van der Waals surface area contributed by atoms with Crippen molar-refractivity contribution < 1.29 is 26.7 Å². The van der Waals surface area contributed by atoms with Crippen LogP contribution in [0.3, 0.4) is 0 Å². The number of aromatic nitrogens is 3. The summed E-state index contributed by atoms with van der Waals surface area (Å²) in [5.41, 5.74) is -1.52. The molecule has 0 unspecified atom stereocenters. The van der Waals surface area contributed by atoms with E-state index in [0.717, 1.165) is 18.3 Å². The van der Waals surface area contributed by atoms with Crippen LogP contribution in [0, 0.1) is 11.6 Å². The van der Waals surface area contributed by atoms with Gasteiger partial charge in [0.2, 0.25) is 5.91 Å². The van der Waals surface area contributed by atoms with Crippen molar-refractivity contribution in [2.75, 3.05) is 10.6 Å². The number of imidazole rings is 1. The maximum Gasteiger partial charge on any atom is 0.417 e. The average molecular weight is 504 g/mol. The van der Waals surface area contributed by atoms with Crippen molar-refractivity contribution in [1.29, 1.82) is 0 Å². The number of aliphatic imine (C=N–C) groups is 1. The van der Waals surface area contributed by atoms with Gasteiger partial charge in [0.1, 0.15) is 23.3 Å². The van der Waals surface area contributed by atoms with Gasteiger partial charge in [-0.3, -0.25) is 9.78 Å². The summed E-state index contributed by atoms with van der Waals surface area (Å²) in [4.78, 5) is 23.9. The molecular weight excluding hydrogens is 483 g/mol. The number of carbonyl (C=O) groups excluding carboxylic acids is 1. The smallest absolute Gasteiger partial charge is 0.338 e. The first-order valence-corrected chi connectivity index (χ1v) is 10.4. The van der Waals surface area contributed by atoms with Gasteiger partial charge in [-0.25, -0.2) is 18.8 Å². The van der Waals surface area contributed by atoms with E-state index in [1.807, 2.05) is 0 Å². The standard InChI is InChI=1S/C24H21F5N6O/c1-4-15(9-31-14(2)33-22-12-35(3)13-32-22)19-8-20(25)16(5-21(19)26)6-23(36)34-18-7-17(10-30-11-18)24(27,28)29/h4-5,7-13H,1,6H2,2-3H3,(H,31,33)(H,34,36)/b15-9+. The van der Waals surface area contributed by atoms with Gasteiger partial charge in [0, 0.05) is 42.3 Å². The number of anilines is 2. The van der Waals surface area contributed by atoms with Gasteiger partial charge >= 0.3 is 6.18 Å². The van der Waals surface area contributed by atoms with Crippen molar-refractivity contribution in [1.82, 2.24) is 14.5 Å². The summed E-state index contributed by atoms with van der Waals surface area (Å²) in [6.45, 7) is 5.26. The second-order valence-electron chi connectivity index (χ2n) is 7.66. The Morgan fingerprint density at radius 2 is 1.92 bits per heavy atom. The molecule has 0 atom stereocenters. The predicted octanol–water partition coefficient (Wildman–Crippen LogP) is 5.35. The Morgan fingerprint density at radius 1 is 1.17 bits per heavy atom. The van der Waals surface area contributed by atoms with Crippen LogP contribution in [0.5, 0.6) is 0 Å². The number of pyridine rings is 1. The SMILES string of the molecule is C=C/C(=C\N=C(C)Nc1cn(C)cn1)c1cc(F)c(CC(=O)Nc2cncc(C(F)(F)F)c2)cc1F. The zero-order valence-corrected chi connectivity index (χ0v) is 19.2. The molecule has 0 saturated carbocycles. The number of nitrogens with one attached hydrogen (secondary N) is 2. The fourth-order valence-corrected chi connectivity index (χ4v) is 3.08. The molecule has 3 rings (SSSR count). The van der Waals surface area contributed by atoms with Crippen LogP contribution in [0.25, 0.3) is 5.57 Å². The van der Waals surface area contributed by atoms with E-state index in [1.165, 1.54) is 12.3 Å².